The van der Waals surface area contributed by atoms with Crippen LogP contribution in [0.25, 0.3) is 0 Å². The molecule has 0 saturated carbocycles. The lowest BCUT2D eigenvalue weighted by Crippen LogP contribution is -2.04. The summed E-state index contributed by atoms with van der Waals surface area (Å²) >= 11 is 0. The number of rotatable bonds is 12. The lowest BCUT2D eigenvalue weighted by molar-refractivity contribution is -0.385. The van der Waals surface area contributed by atoms with E-state index in [0.717, 1.165) is 79.2 Å². The van der Waals surface area contributed by atoms with Crippen LogP contribution in [0.15, 0.2) is 146 Å². The number of nitro groups is 2. The summed E-state index contributed by atoms with van der Waals surface area (Å²) in [4.78, 5) is 31.6. The molecule has 6 N–H and O–H groups in total. The highest BCUT2D eigenvalue weighted by Gasteiger charge is 2.04. The molecule has 290 valence electrons. The summed E-state index contributed by atoms with van der Waals surface area (Å²) in [6.07, 6.45) is 13.6. The van der Waals surface area contributed by atoms with Crippen LogP contribution in [0.5, 0.6) is 0 Å². The second kappa shape index (κ2) is 27.4. The standard InChI is InChI=1S/C13H13N3O2.C13H15N3.C7H10N2.C6H4FNO2.2ClH/c17-16(18)13-5-3-12(4-6-13)15-9-7-11-2-1-8-14-10-11;14-12-3-5-13(6-4-12)16-9-7-11-2-1-8-15-10-11;8-4-3-7-2-1-5-9-6-7;7-5-1-3-6(4-2-5)8(9)10;;/h1-6,8,10,15H,7,9H2;1-6,8,10,16H,7,9,14H2;1-2,5-6H,3-4,8H2;1-4H;2*1H. The van der Waals surface area contributed by atoms with Crippen molar-refractivity contribution in [2.45, 2.75) is 19.3 Å². The predicted octanol–water partition coefficient (Wildman–Crippen LogP) is 8.12. The van der Waals surface area contributed by atoms with E-state index in [4.69, 9.17) is 11.5 Å². The molecule has 0 bridgehead atoms. The molecule has 0 unspecified atom stereocenters. The van der Waals surface area contributed by atoms with Gasteiger partial charge in [0, 0.05) is 91.6 Å². The second-order valence-corrected chi connectivity index (χ2v) is 11.1. The minimum absolute atomic E-state index is 0. The minimum atomic E-state index is -0.570. The van der Waals surface area contributed by atoms with E-state index in [9.17, 15) is 24.6 Å². The zero-order chi connectivity index (χ0) is 38.1. The van der Waals surface area contributed by atoms with Crippen molar-refractivity contribution in [3.63, 3.8) is 0 Å². The monoisotopic (exact) mass is 791 g/mol. The molecule has 3 heterocycles. The van der Waals surface area contributed by atoms with Crippen LogP contribution in [0.1, 0.15) is 16.7 Å². The molecule has 16 heteroatoms. The van der Waals surface area contributed by atoms with Gasteiger partial charge in [0.25, 0.3) is 11.4 Å². The summed E-state index contributed by atoms with van der Waals surface area (Å²) in [5.74, 6) is -0.467. The maximum atomic E-state index is 12.1. The van der Waals surface area contributed by atoms with Crippen LogP contribution in [0.2, 0.25) is 0 Å². The summed E-state index contributed by atoms with van der Waals surface area (Å²) in [6.45, 7) is 2.37. The molecule has 0 aliphatic carbocycles. The van der Waals surface area contributed by atoms with Gasteiger partial charge in [-0.15, -0.1) is 24.8 Å². The lowest BCUT2D eigenvalue weighted by atomic mass is 10.2. The molecule has 6 rings (SSSR count). The number of nitrogens with two attached hydrogens (primary N) is 2. The fourth-order valence-electron chi connectivity index (χ4n) is 4.37. The minimum Gasteiger partial charge on any atom is -0.399 e. The van der Waals surface area contributed by atoms with Crippen LogP contribution in [0.4, 0.5) is 32.8 Å². The number of hydrogen-bond donors (Lipinski definition) is 4. The zero-order valence-corrected chi connectivity index (χ0v) is 31.5. The van der Waals surface area contributed by atoms with Gasteiger partial charge in [-0.05, 0) is 109 Å². The quantitative estimate of drug-likeness (QED) is 0.0530. The van der Waals surface area contributed by atoms with E-state index in [1.165, 1.54) is 23.3 Å². The van der Waals surface area contributed by atoms with E-state index in [1.807, 2.05) is 73.2 Å². The predicted molar refractivity (Wildman–Crippen MR) is 221 cm³/mol. The number of nitro benzene ring substituents is 2. The Hall–Kier alpha value is -6.22. The fourth-order valence-corrected chi connectivity index (χ4v) is 4.37. The molecule has 0 radical (unpaired) electrons. The summed E-state index contributed by atoms with van der Waals surface area (Å²) < 4.78 is 12.1. The smallest absolute Gasteiger partial charge is 0.269 e. The van der Waals surface area contributed by atoms with Gasteiger partial charge in [0.15, 0.2) is 0 Å². The molecule has 0 atom stereocenters. The highest BCUT2D eigenvalue weighted by Crippen LogP contribution is 2.15. The van der Waals surface area contributed by atoms with E-state index < -0.39 is 15.7 Å². The Morgan fingerprint density at radius 2 is 0.927 bits per heavy atom. The Balaban J connectivity index is 0.000000376. The lowest BCUT2D eigenvalue weighted by Gasteiger charge is -2.06. The van der Waals surface area contributed by atoms with E-state index in [2.05, 4.69) is 31.7 Å². The highest BCUT2D eigenvalue weighted by molar-refractivity contribution is 5.85. The van der Waals surface area contributed by atoms with Gasteiger partial charge in [-0.25, -0.2) is 4.39 Å². The Morgan fingerprint density at radius 1 is 0.564 bits per heavy atom. The maximum Gasteiger partial charge on any atom is 0.269 e. The van der Waals surface area contributed by atoms with Gasteiger partial charge >= 0.3 is 0 Å². The summed E-state index contributed by atoms with van der Waals surface area (Å²) in [5, 5.41) is 27.0. The molecule has 0 spiro atoms. The van der Waals surface area contributed by atoms with Crippen molar-refractivity contribution in [2.75, 3.05) is 36.0 Å². The van der Waals surface area contributed by atoms with Crippen molar-refractivity contribution in [1.29, 1.82) is 0 Å². The van der Waals surface area contributed by atoms with Gasteiger partial charge in [-0.2, -0.15) is 0 Å². The van der Waals surface area contributed by atoms with Gasteiger partial charge in [-0.3, -0.25) is 35.2 Å². The second-order valence-electron chi connectivity index (χ2n) is 11.1. The summed E-state index contributed by atoms with van der Waals surface area (Å²) in [7, 11) is 0. The average molecular weight is 793 g/mol. The van der Waals surface area contributed by atoms with Gasteiger partial charge in [0.1, 0.15) is 5.82 Å². The van der Waals surface area contributed by atoms with E-state index in [0.29, 0.717) is 6.54 Å². The molecule has 3 aromatic heterocycles. The summed E-state index contributed by atoms with van der Waals surface area (Å²) in [5.41, 5.74) is 17.3. The Morgan fingerprint density at radius 3 is 1.27 bits per heavy atom. The molecule has 0 aliphatic heterocycles. The number of aromatic nitrogens is 3. The number of nitrogens with zero attached hydrogens (tertiary/aromatic N) is 5. The van der Waals surface area contributed by atoms with Crippen molar-refractivity contribution in [3.05, 3.63) is 189 Å². The Kier molecular flexibility index (Phi) is 23.3. The Bertz CT molecular complexity index is 1900. The SMILES string of the molecule is Cl.Cl.NCCc1cccnc1.Nc1ccc(NCCc2cccnc2)cc1.O=[N+]([O-])c1ccc(F)cc1.O=[N+]([O-])c1ccc(NCCc2cccnc2)cc1. The number of halogens is 3. The summed E-state index contributed by atoms with van der Waals surface area (Å²) in [6, 6.07) is 30.4. The molecular weight excluding hydrogens is 748 g/mol. The number of nitrogens with one attached hydrogen (secondary N) is 2. The van der Waals surface area contributed by atoms with Crippen LogP contribution < -0.4 is 22.1 Å². The molecule has 0 aliphatic rings. The maximum absolute atomic E-state index is 12.1. The third-order valence-electron chi connectivity index (χ3n) is 7.11. The van der Waals surface area contributed by atoms with Gasteiger partial charge < -0.3 is 22.1 Å². The van der Waals surface area contributed by atoms with E-state index in [-0.39, 0.29) is 36.2 Å². The van der Waals surface area contributed by atoms with Crippen molar-refractivity contribution in [2.24, 2.45) is 5.73 Å². The first kappa shape index (κ1) is 46.8. The zero-order valence-electron chi connectivity index (χ0n) is 29.8. The number of benzene rings is 3. The number of non-ortho nitro benzene ring substituents is 2. The molecule has 3 aromatic carbocycles. The molecule has 0 amide bonds. The topological polar surface area (TPSA) is 201 Å². The third-order valence-corrected chi connectivity index (χ3v) is 7.11. The largest absolute Gasteiger partial charge is 0.399 e. The van der Waals surface area contributed by atoms with Crippen molar-refractivity contribution >= 4 is 53.3 Å². The van der Waals surface area contributed by atoms with Gasteiger partial charge in [-0.1, -0.05) is 18.2 Å². The van der Waals surface area contributed by atoms with Gasteiger partial charge in [0.2, 0.25) is 0 Å². The number of hydrogen-bond acceptors (Lipinski definition) is 11. The van der Waals surface area contributed by atoms with Crippen molar-refractivity contribution in [1.82, 2.24) is 15.0 Å². The number of pyridine rings is 3. The van der Waals surface area contributed by atoms with E-state index in [1.54, 1.807) is 30.7 Å². The van der Waals surface area contributed by atoms with Gasteiger partial charge in [0.05, 0.1) is 9.85 Å². The first-order valence-electron chi connectivity index (χ1n) is 16.6. The van der Waals surface area contributed by atoms with Crippen LogP contribution in [0, 0.1) is 26.0 Å². The molecule has 0 saturated heterocycles. The molecule has 0 fully saturated rings. The van der Waals surface area contributed by atoms with Crippen LogP contribution in [0.3, 0.4) is 0 Å². The fraction of sp³-hybridized carbons (Fsp3) is 0.154. The van der Waals surface area contributed by atoms with Crippen molar-refractivity contribution < 1.29 is 14.2 Å². The first-order chi connectivity index (χ1) is 25.7. The highest BCUT2D eigenvalue weighted by atomic mass is 35.5. The van der Waals surface area contributed by atoms with Crippen LogP contribution in [-0.2, 0) is 19.3 Å². The molecular formula is C39H44Cl2FN9O4. The van der Waals surface area contributed by atoms with Crippen LogP contribution >= 0.6 is 24.8 Å². The molecule has 6 aromatic rings. The van der Waals surface area contributed by atoms with E-state index >= 15 is 0 Å². The molecule has 13 nitrogen and oxygen atoms in total. The Labute approximate surface area is 331 Å². The van der Waals surface area contributed by atoms with Crippen molar-refractivity contribution in [3.8, 4) is 0 Å². The number of anilines is 3. The average Bonchev–Trinajstić information content (AvgIpc) is 3.18. The first-order valence-corrected chi connectivity index (χ1v) is 16.6. The molecule has 55 heavy (non-hydrogen) atoms. The number of nitrogen functional groups attached to an aromatic ring is 1. The normalized spacial score (nSPS) is 9.42. The third kappa shape index (κ3) is 20.0. The van der Waals surface area contributed by atoms with Crippen LogP contribution in [-0.4, -0.2) is 44.4 Å².